The van der Waals surface area contributed by atoms with Crippen LogP contribution in [-0.4, -0.2) is 22.9 Å². The topological polar surface area (TPSA) is 94.3 Å². The van der Waals surface area contributed by atoms with Crippen molar-refractivity contribution in [2.75, 3.05) is 5.32 Å². The van der Waals surface area contributed by atoms with E-state index in [9.17, 15) is 9.59 Å². The number of fused-ring (bicyclic) bond motifs is 2. The molecule has 214 valence electrons. The van der Waals surface area contributed by atoms with E-state index in [1.165, 1.54) is 48.3 Å². The number of primary amides is 1. The minimum Gasteiger partial charge on any atom is -0.490 e. The largest absolute Gasteiger partial charge is 0.490 e. The number of hydrogen-bond donors (Lipinski definition) is 2. The van der Waals surface area contributed by atoms with Gasteiger partial charge in [-0.1, -0.05) is 68.9 Å². The highest BCUT2D eigenvalue weighted by molar-refractivity contribution is 7.17. The van der Waals surface area contributed by atoms with Crippen molar-refractivity contribution < 1.29 is 14.3 Å². The summed E-state index contributed by atoms with van der Waals surface area (Å²) in [4.78, 5) is 32.8. The van der Waals surface area contributed by atoms with Crippen LogP contribution in [0.25, 0.3) is 22.2 Å². The first-order valence-electron chi connectivity index (χ1n) is 14.8. The summed E-state index contributed by atoms with van der Waals surface area (Å²) in [6, 6.07) is 17.2. The van der Waals surface area contributed by atoms with Crippen molar-refractivity contribution in [3.63, 3.8) is 0 Å². The lowest BCUT2D eigenvalue weighted by Gasteiger charge is -2.15. The zero-order chi connectivity index (χ0) is 28.8. The lowest BCUT2D eigenvalue weighted by Crippen LogP contribution is -2.18. The number of carbonyl (C=O) groups is 2. The molecular formula is C34H39N3O3S. The molecule has 3 N–H and O–H groups in total. The van der Waals surface area contributed by atoms with Gasteiger partial charge in [0.25, 0.3) is 11.8 Å². The van der Waals surface area contributed by atoms with Crippen molar-refractivity contribution in [1.29, 1.82) is 0 Å². The summed E-state index contributed by atoms with van der Waals surface area (Å²) in [5.41, 5.74) is 10.1. The molecule has 0 spiro atoms. The van der Waals surface area contributed by atoms with Crippen molar-refractivity contribution in [3.8, 4) is 17.0 Å². The van der Waals surface area contributed by atoms with Crippen LogP contribution in [0, 0.1) is 0 Å². The molecule has 5 rings (SSSR count). The molecule has 0 aliphatic heterocycles. The van der Waals surface area contributed by atoms with E-state index in [2.05, 4.69) is 5.32 Å². The van der Waals surface area contributed by atoms with E-state index in [0.717, 1.165) is 48.6 Å². The van der Waals surface area contributed by atoms with Gasteiger partial charge in [0.1, 0.15) is 10.8 Å². The molecule has 2 aromatic heterocycles. The van der Waals surface area contributed by atoms with Crippen LogP contribution < -0.4 is 15.8 Å². The quantitative estimate of drug-likeness (QED) is 0.244. The van der Waals surface area contributed by atoms with Crippen molar-refractivity contribution >= 4 is 39.1 Å². The number of nitrogens with one attached hydrogen (secondary N) is 1. The summed E-state index contributed by atoms with van der Waals surface area (Å²) in [7, 11) is 0. The summed E-state index contributed by atoms with van der Waals surface area (Å²) >= 11 is 1.51. The Morgan fingerprint density at radius 1 is 0.902 bits per heavy atom. The van der Waals surface area contributed by atoms with Gasteiger partial charge in [-0.2, -0.15) is 0 Å². The van der Waals surface area contributed by atoms with Gasteiger partial charge < -0.3 is 15.8 Å². The molecule has 2 aromatic carbocycles. The molecule has 7 heteroatoms. The van der Waals surface area contributed by atoms with Gasteiger partial charge in [0.15, 0.2) is 0 Å². The summed E-state index contributed by atoms with van der Waals surface area (Å²) in [6.45, 7) is 3.97. The van der Waals surface area contributed by atoms with E-state index in [1.807, 2.05) is 68.4 Å². The van der Waals surface area contributed by atoms with E-state index in [-0.39, 0.29) is 12.0 Å². The van der Waals surface area contributed by atoms with Crippen LogP contribution in [0.3, 0.4) is 0 Å². The normalized spacial score (nSPS) is 14.6. The Bertz CT molecular complexity index is 1540. The van der Waals surface area contributed by atoms with E-state index < -0.39 is 5.91 Å². The molecule has 0 saturated carbocycles. The van der Waals surface area contributed by atoms with Gasteiger partial charge in [-0.15, -0.1) is 11.3 Å². The molecule has 0 radical (unpaired) electrons. The molecule has 0 unspecified atom stereocenters. The SMILES string of the molecule is CC(C)Oc1ccccc1-c1cc(C(=O)Nc2sc3c(c2C(N)=O)CCCCCCCCCC3)c2ccccc2n1. The predicted molar refractivity (Wildman–Crippen MR) is 168 cm³/mol. The summed E-state index contributed by atoms with van der Waals surface area (Å²) in [5.74, 6) is -0.0547. The van der Waals surface area contributed by atoms with Gasteiger partial charge in [-0.3, -0.25) is 9.59 Å². The third kappa shape index (κ3) is 6.79. The van der Waals surface area contributed by atoms with Crippen LogP contribution in [0.1, 0.15) is 96.4 Å². The molecule has 6 nitrogen and oxygen atoms in total. The second kappa shape index (κ2) is 13.3. The molecule has 1 aliphatic carbocycles. The zero-order valence-corrected chi connectivity index (χ0v) is 24.8. The number of thiophene rings is 1. The number of hydrogen-bond acceptors (Lipinski definition) is 5. The van der Waals surface area contributed by atoms with Gasteiger partial charge in [0.2, 0.25) is 0 Å². The lowest BCUT2D eigenvalue weighted by atomic mass is 9.97. The first-order valence-corrected chi connectivity index (χ1v) is 15.7. The van der Waals surface area contributed by atoms with Gasteiger partial charge in [-0.25, -0.2) is 4.98 Å². The second-order valence-corrected chi connectivity index (χ2v) is 12.2. The minimum atomic E-state index is -0.482. The maximum Gasteiger partial charge on any atom is 0.257 e. The Morgan fingerprint density at radius 3 is 2.29 bits per heavy atom. The summed E-state index contributed by atoms with van der Waals surface area (Å²) < 4.78 is 6.06. The molecule has 41 heavy (non-hydrogen) atoms. The minimum absolute atomic E-state index is 0.00722. The fraction of sp³-hybridized carbons (Fsp3) is 0.382. The van der Waals surface area contributed by atoms with Crippen molar-refractivity contribution in [2.45, 2.75) is 84.2 Å². The number of pyridine rings is 1. The second-order valence-electron chi connectivity index (χ2n) is 11.1. The Morgan fingerprint density at radius 2 is 1.56 bits per heavy atom. The molecular weight excluding hydrogens is 530 g/mol. The summed E-state index contributed by atoms with van der Waals surface area (Å²) in [6.07, 6.45) is 11.2. The lowest BCUT2D eigenvalue weighted by molar-refractivity contribution is 0.100. The Balaban J connectivity index is 1.54. The number of anilines is 1. The van der Waals surface area contributed by atoms with Crippen LogP contribution in [0.15, 0.2) is 54.6 Å². The number of aromatic nitrogens is 1. The Kier molecular flexibility index (Phi) is 9.35. The number of aryl methyl sites for hydroxylation is 1. The van der Waals surface area contributed by atoms with Crippen LogP contribution in [0.2, 0.25) is 0 Å². The van der Waals surface area contributed by atoms with Crippen LogP contribution >= 0.6 is 11.3 Å². The molecule has 1 aliphatic rings. The van der Waals surface area contributed by atoms with Crippen molar-refractivity contribution in [1.82, 2.24) is 4.98 Å². The molecule has 4 aromatic rings. The van der Waals surface area contributed by atoms with Crippen molar-refractivity contribution in [2.24, 2.45) is 5.73 Å². The number of ether oxygens (including phenoxy) is 1. The maximum absolute atomic E-state index is 14.0. The van der Waals surface area contributed by atoms with Crippen LogP contribution in [0.4, 0.5) is 5.00 Å². The van der Waals surface area contributed by atoms with Crippen molar-refractivity contribution in [3.05, 3.63) is 76.2 Å². The number of amides is 2. The maximum atomic E-state index is 14.0. The average Bonchev–Trinajstić information content (AvgIpc) is 3.28. The van der Waals surface area contributed by atoms with E-state index in [0.29, 0.717) is 33.1 Å². The Hall–Kier alpha value is -3.71. The van der Waals surface area contributed by atoms with Gasteiger partial charge >= 0.3 is 0 Å². The third-order valence-electron chi connectivity index (χ3n) is 7.63. The highest BCUT2D eigenvalue weighted by Crippen LogP contribution is 2.37. The molecule has 0 fully saturated rings. The van der Waals surface area contributed by atoms with Gasteiger partial charge in [0, 0.05) is 15.8 Å². The van der Waals surface area contributed by atoms with Gasteiger partial charge in [0.05, 0.1) is 28.4 Å². The number of nitrogens with two attached hydrogens (primary N) is 1. The van der Waals surface area contributed by atoms with Crippen LogP contribution in [0.5, 0.6) is 5.75 Å². The molecule has 2 heterocycles. The number of nitrogens with zero attached hydrogens (tertiary/aromatic N) is 1. The van der Waals surface area contributed by atoms with Crippen LogP contribution in [-0.2, 0) is 12.8 Å². The van der Waals surface area contributed by atoms with E-state index in [1.54, 1.807) is 0 Å². The molecule has 2 amide bonds. The smallest absolute Gasteiger partial charge is 0.257 e. The fourth-order valence-corrected chi connectivity index (χ4v) is 6.97. The average molecular weight is 570 g/mol. The van der Waals surface area contributed by atoms with E-state index >= 15 is 0 Å². The molecule has 0 saturated heterocycles. The standard InChI is InChI=1S/C34H39N3O3S/c1-22(2)40-29-19-14-12-16-24(29)28-21-26(23-15-11-13-18-27(23)36-28)33(39)37-34-31(32(35)38)25-17-9-7-5-3-4-6-8-10-20-30(25)41-34/h11-16,18-19,21-22H,3-10,17,20H2,1-2H3,(H2,35,38)(H,37,39). The zero-order valence-electron chi connectivity index (χ0n) is 24.0. The third-order valence-corrected chi connectivity index (χ3v) is 8.84. The van der Waals surface area contributed by atoms with E-state index in [4.69, 9.17) is 15.5 Å². The monoisotopic (exact) mass is 569 g/mol. The Labute approximate surface area is 246 Å². The number of para-hydroxylation sites is 2. The first-order chi connectivity index (χ1) is 19.9. The number of benzene rings is 2. The number of carbonyl (C=O) groups excluding carboxylic acids is 2. The fourth-order valence-electron chi connectivity index (χ4n) is 5.68. The molecule has 0 bridgehead atoms. The van der Waals surface area contributed by atoms with Gasteiger partial charge in [-0.05, 0) is 69.4 Å². The predicted octanol–water partition coefficient (Wildman–Crippen LogP) is 8.32. The number of rotatable bonds is 6. The first kappa shape index (κ1) is 28.8. The summed E-state index contributed by atoms with van der Waals surface area (Å²) in [5, 5.41) is 4.39. The molecule has 0 atom stereocenters. The highest BCUT2D eigenvalue weighted by Gasteiger charge is 2.25. The highest BCUT2D eigenvalue weighted by atomic mass is 32.1.